The third kappa shape index (κ3) is 4.42. The van der Waals surface area contributed by atoms with Crippen LogP contribution in [0.15, 0.2) is 42.6 Å². The van der Waals surface area contributed by atoms with Crippen molar-refractivity contribution >= 4 is 29.1 Å². The number of fused-ring (bicyclic) bond motifs is 1. The highest BCUT2D eigenvalue weighted by atomic mass is 35.5. The minimum atomic E-state index is -0.265. The molecule has 7 nitrogen and oxygen atoms in total. The number of rotatable bonds is 5. The van der Waals surface area contributed by atoms with Crippen LogP contribution in [0.1, 0.15) is 42.1 Å². The first-order valence-corrected chi connectivity index (χ1v) is 10.7. The van der Waals surface area contributed by atoms with Gasteiger partial charge in [-0.3, -0.25) is 14.5 Å². The summed E-state index contributed by atoms with van der Waals surface area (Å²) in [5.74, 6) is 0.427. The molecule has 1 N–H and O–H groups in total. The van der Waals surface area contributed by atoms with Gasteiger partial charge >= 0.3 is 0 Å². The van der Waals surface area contributed by atoms with Crippen LogP contribution >= 0.6 is 11.6 Å². The number of carbonyl (C=O) groups is 2. The standard InChI is InChI=1S/C22H26ClN5O2/c1-16-14-27(21(29)9-6-12-26-10-4-5-11-26)15-20-24-13-19(28(16)20)22(30)25-18-8-3-2-7-17(18)23/h2-3,6-9,13,16H,4-5,10-12,14-15H2,1H3,(H,25,30)/b9-6+/t16-/m0/s1. The van der Waals surface area contributed by atoms with E-state index in [2.05, 4.69) is 15.2 Å². The van der Waals surface area contributed by atoms with E-state index < -0.39 is 0 Å². The fourth-order valence-electron chi connectivity index (χ4n) is 4.10. The third-order valence-electron chi connectivity index (χ3n) is 5.62. The van der Waals surface area contributed by atoms with Crippen molar-refractivity contribution in [3.8, 4) is 0 Å². The predicted octanol–water partition coefficient (Wildman–Crippen LogP) is 3.34. The second-order valence-electron chi connectivity index (χ2n) is 7.84. The van der Waals surface area contributed by atoms with Crippen LogP contribution in [-0.2, 0) is 11.3 Å². The Kier molecular flexibility index (Phi) is 6.20. The van der Waals surface area contributed by atoms with Crippen LogP contribution in [0.25, 0.3) is 0 Å². The van der Waals surface area contributed by atoms with Gasteiger partial charge in [0.05, 0.1) is 29.5 Å². The van der Waals surface area contributed by atoms with E-state index in [0.29, 0.717) is 35.3 Å². The molecule has 158 valence electrons. The molecule has 2 aliphatic heterocycles. The summed E-state index contributed by atoms with van der Waals surface area (Å²) in [4.78, 5) is 34.0. The van der Waals surface area contributed by atoms with Gasteiger partial charge < -0.3 is 14.8 Å². The van der Waals surface area contributed by atoms with Crippen molar-refractivity contribution in [2.75, 3.05) is 31.5 Å². The molecule has 8 heteroatoms. The van der Waals surface area contributed by atoms with Crippen molar-refractivity contribution in [2.24, 2.45) is 0 Å². The molecule has 2 aromatic rings. The molecule has 0 spiro atoms. The number of para-hydroxylation sites is 1. The monoisotopic (exact) mass is 427 g/mol. The number of imidazole rings is 1. The van der Waals surface area contributed by atoms with Gasteiger partial charge in [-0.25, -0.2) is 4.98 Å². The second kappa shape index (κ2) is 9.02. The Balaban J connectivity index is 1.42. The zero-order chi connectivity index (χ0) is 21.1. The lowest BCUT2D eigenvalue weighted by molar-refractivity contribution is -0.128. The first-order valence-electron chi connectivity index (χ1n) is 10.3. The smallest absolute Gasteiger partial charge is 0.273 e. The molecule has 1 aromatic carbocycles. The van der Waals surface area contributed by atoms with Crippen LogP contribution in [0.3, 0.4) is 0 Å². The van der Waals surface area contributed by atoms with E-state index in [1.165, 1.54) is 12.8 Å². The molecule has 0 bridgehead atoms. The van der Waals surface area contributed by atoms with Gasteiger partial charge in [0.25, 0.3) is 5.91 Å². The first-order chi connectivity index (χ1) is 14.5. The number of anilines is 1. The quantitative estimate of drug-likeness (QED) is 0.743. The molecule has 2 amide bonds. The molecule has 0 radical (unpaired) electrons. The number of halogens is 1. The molecule has 1 saturated heterocycles. The van der Waals surface area contributed by atoms with Gasteiger partial charge in [0.1, 0.15) is 11.5 Å². The van der Waals surface area contributed by atoms with Crippen LogP contribution in [-0.4, -0.2) is 57.3 Å². The summed E-state index contributed by atoms with van der Waals surface area (Å²) in [6.07, 6.45) is 7.65. The molecular weight excluding hydrogens is 402 g/mol. The SMILES string of the molecule is C[C@H]1CN(C(=O)/C=C/CN2CCCC2)Cc2ncc(C(=O)Nc3ccccc3Cl)n21. The van der Waals surface area contributed by atoms with E-state index in [1.807, 2.05) is 29.7 Å². The molecular formula is C22H26ClN5O2. The average molecular weight is 428 g/mol. The van der Waals surface area contributed by atoms with Gasteiger partial charge in [-0.05, 0) is 45.0 Å². The number of nitrogens with one attached hydrogen (secondary N) is 1. The van der Waals surface area contributed by atoms with Gasteiger partial charge in [0.2, 0.25) is 5.91 Å². The van der Waals surface area contributed by atoms with Crippen molar-refractivity contribution in [3.63, 3.8) is 0 Å². The Morgan fingerprint density at radius 2 is 2.03 bits per heavy atom. The van der Waals surface area contributed by atoms with Crippen molar-refractivity contribution < 1.29 is 9.59 Å². The number of hydrogen-bond donors (Lipinski definition) is 1. The van der Waals surface area contributed by atoms with Crippen molar-refractivity contribution in [1.29, 1.82) is 0 Å². The summed E-state index contributed by atoms with van der Waals surface area (Å²) >= 11 is 6.15. The normalized spacial score (nSPS) is 19.3. The summed E-state index contributed by atoms with van der Waals surface area (Å²) in [5, 5.41) is 3.33. The number of amides is 2. The Morgan fingerprint density at radius 1 is 1.27 bits per heavy atom. The van der Waals surface area contributed by atoms with Gasteiger partial charge in [0.15, 0.2) is 0 Å². The lowest BCUT2D eigenvalue weighted by Crippen LogP contribution is -2.40. The van der Waals surface area contributed by atoms with Crippen LogP contribution in [0, 0.1) is 0 Å². The van der Waals surface area contributed by atoms with E-state index >= 15 is 0 Å². The number of carbonyl (C=O) groups excluding carboxylic acids is 2. The zero-order valence-corrected chi connectivity index (χ0v) is 17.8. The summed E-state index contributed by atoms with van der Waals surface area (Å²) in [6, 6.07) is 7.06. The van der Waals surface area contributed by atoms with E-state index in [-0.39, 0.29) is 17.9 Å². The van der Waals surface area contributed by atoms with Gasteiger partial charge in [-0.2, -0.15) is 0 Å². The fourth-order valence-corrected chi connectivity index (χ4v) is 4.28. The molecule has 0 saturated carbocycles. The zero-order valence-electron chi connectivity index (χ0n) is 17.1. The molecule has 0 unspecified atom stereocenters. The van der Waals surface area contributed by atoms with Gasteiger partial charge in [-0.1, -0.05) is 29.8 Å². The van der Waals surface area contributed by atoms with Crippen LogP contribution in [0.5, 0.6) is 0 Å². The van der Waals surface area contributed by atoms with E-state index in [1.54, 1.807) is 29.3 Å². The number of likely N-dealkylation sites (tertiary alicyclic amines) is 1. The Labute approximate surface area is 181 Å². The van der Waals surface area contributed by atoms with Crippen LogP contribution in [0.2, 0.25) is 5.02 Å². The maximum atomic E-state index is 12.8. The Bertz CT molecular complexity index is 964. The largest absolute Gasteiger partial charge is 0.330 e. The summed E-state index contributed by atoms with van der Waals surface area (Å²) in [6.45, 7) is 5.94. The summed E-state index contributed by atoms with van der Waals surface area (Å²) in [5.41, 5.74) is 1.03. The lowest BCUT2D eigenvalue weighted by Gasteiger charge is -2.32. The Hall–Kier alpha value is -2.64. The van der Waals surface area contributed by atoms with E-state index in [9.17, 15) is 9.59 Å². The minimum absolute atomic E-state index is 0.0163. The first kappa shape index (κ1) is 20.6. The van der Waals surface area contributed by atoms with Crippen molar-refractivity contribution in [2.45, 2.75) is 32.4 Å². The van der Waals surface area contributed by atoms with Crippen LogP contribution < -0.4 is 5.32 Å². The average Bonchev–Trinajstić information content (AvgIpc) is 3.39. The lowest BCUT2D eigenvalue weighted by atomic mass is 10.2. The molecule has 1 atom stereocenters. The molecule has 1 aromatic heterocycles. The summed E-state index contributed by atoms with van der Waals surface area (Å²) in [7, 11) is 0. The van der Waals surface area contributed by atoms with Crippen molar-refractivity contribution in [1.82, 2.24) is 19.4 Å². The van der Waals surface area contributed by atoms with Gasteiger partial charge in [0, 0.05) is 19.2 Å². The summed E-state index contributed by atoms with van der Waals surface area (Å²) < 4.78 is 1.91. The molecule has 3 heterocycles. The van der Waals surface area contributed by atoms with E-state index in [4.69, 9.17) is 11.6 Å². The highest BCUT2D eigenvalue weighted by molar-refractivity contribution is 6.33. The molecule has 1 fully saturated rings. The minimum Gasteiger partial charge on any atom is -0.330 e. The highest BCUT2D eigenvalue weighted by Crippen LogP contribution is 2.25. The predicted molar refractivity (Wildman–Crippen MR) is 117 cm³/mol. The number of benzene rings is 1. The molecule has 0 aliphatic carbocycles. The number of aromatic nitrogens is 2. The highest BCUT2D eigenvalue weighted by Gasteiger charge is 2.29. The molecule has 30 heavy (non-hydrogen) atoms. The maximum absolute atomic E-state index is 12.8. The second-order valence-corrected chi connectivity index (χ2v) is 8.25. The number of hydrogen-bond acceptors (Lipinski definition) is 4. The van der Waals surface area contributed by atoms with E-state index in [0.717, 1.165) is 19.6 Å². The molecule has 2 aliphatic rings. The van der Waals surface area contributed by atoms with Gasteiger partial charge in [-0.15, -0.1) is 0 Å². The Morgan fingerprint density at radius 3 is 2.80 bits per heavy atom. The van der Waals surface area contributed by atoms with Crippen LogP contribution in [0.4, 0.5) is 5.69 Å². The fraction of sp³-hybridized carbons (Fsp3) is 0.409. The topological polar surface area (TPSA) is 70.5 Å². The number of nitrogens with zero attached hydrogens (tertiary/aromatic N) is 4. The third-order valence-corrected chi connectivity index (χ3v) is 5.95. The van der Waals surface area contributed by atoms with Crippen molar-refractivity contribution in [3.05, 3.63) is 59.2 Å². The maximum Gasteiger partial charge on any atom is 0.273 e. The molecule has 4 rings (SSSR count).